The highest BCUT2D eigenvalue weighted by Gasteiger charge is 2.39. The number of likely N-dealkylation sites (tertiary alicyclic amines) is 1. The minimum Gasteiger partial charge on any atom is -0.417 e. The third-order valence-corrected chi connectivity index (χ3v) is 5.07. The first-order valence-corrected chi connectivity index (χ1v) is 8.62. The Morgan fingerprint density at radius 2 is 1.75 bits per heavy atom. The van der Waals surface area contributed by atoms with Crippen molar-refractivity contribution in [2.75, 3.05) is 13.1 Å². The Morgan fingerprint density at radius 3 is 2.33 bits per heavy atom. The van der Waals surface area contributed by atoms with Crippen molar-refractivity contribution in [2.24, 2.45) is 5.92 Å². The van der Waals surface area contributed by atoms with Crippen LogP contribution in [0.3, 0.4) is 0 Å². The van der Waals surface area contributed by atoms with Gasteiger partial charge in [0.2, 0.25) is 11.8 Å². The lowest BCUT2D eigenvalue weighted by molar-refractivity contribution is -0.157. The standard InChI is InChI=1S/C16H22F3N3O2/c17-16(18,19)15-21-20-14(24-15)12-6-8-22(9-7-12)13(23)10-11-4-2-1-3-5-11/h11-12H,1-10H2. The zero-order valence-corrected chi connectivity index (χ0v) is 13.5. The van der Waals surface area contributed by atoms with E-state index < -0.39 is 12.1 Å². The Bertz CT molecular complexity index is 559. The van der Waals surface area contributed by atoms with Crippen LogP contribution in [-0.2, 0) is 11.0 Å². The number of piperidine rings is 1. The fourth-order valence-corrected chi connectivity index (χ4v) is 3.66. The van der Waals surface area contributed by atoms with Gasteiger partial charge in [0.15, 0.2) is 0 Å². The molecule has 0 radical (unpaired) electrons. The Hall–Kier alpha value is -1.60. The van der Waals surface area contributed by atoms with Crippen molar-refractivity contribution in [3.05, 3.63) is 11.8 Å². The predicted octanol–water partition coefficient (Wildman–Crippen LogP) is 3.76. The molecule has 1 aliphatic heterocycles. The molecule has 1 aliphatic carbocycles. The molecule has 0 aromatic carbocycles. The number of nitrogens with zero attached hydrogens (tertiary/aromatic N) is 3. The van der Waals surface area contributed by atoms with E-state index in [1.165, 1.54) is 19.3 Å². The van der Waals surface area contributed by atoms with E-state index in [1.54, 1.807) is 0 Å². The van der Waals surface area contributed by atoms with Gasteiger partial charge in [-0.3, -0.25) is 4.79 Å². The average molecular weight is 345 g/mol. The maximum Gasteiger partial charge on any atom is 0.470 e. The maximum atomic E-state index is 12.5. The molecule has 8 heteroatoms. The van der Waals surface area contributed by atoms with Gasteiger partial charge in [-0.25, -0.2) is 0 Å². The summed E-state index contributed by atoms with van der Waals surface area (Å²) in [6.07, 6.45) is 3.06. The second-order valence-corrected chi connectivity index (χ2v) is 6.81. The van der Waals surface area contributed by atoms with Crippen LogP contribution in [0.5, 0.6) is 0 Å². The quantitative estimate of drug-likeness (QED) is 0.837. The van der Waals surface area contributed by atoms with Crippen molar-refractivity contribution in [1.82, 2.24) is 15.1 Å². The molecule has 5 nitrogen and oxygen atoms in total. The second-order valence-electron chi connectivity index (χ2n) is 6.81. The fraction of sp³-hybridized carbons (Fsp3) is 0.812. The summed E-state index contributed by atoms with van der Waals surface area (Å²) in [5.74, 6) is -0.807. The minimum atomic E-state index is -4.61. The molecule has 3 rings (SSSR count). The zero-order chi connectivity index (χ0) is 17.2. The first kappa shape index (κ1) is 17.2. The van der Waals surface area contributed by atoms with E-state index in [9.17, 15) is 18.0 Å². The van der Waals surface area contributed by atoms with E-state index in [0.29, 0.717) is 38.3 Å². The summed E-state index contributed by atoms with van der Waals surface area (Å²) < 4.78 is 42.3. The molecule has 0 N–H and O–H groups in total. The van der Waals surface area contributed by atoms with Crippen molar-refractivity contribution < 1.29 is 22.4 Å². The van der Waals surface area contributed by atoms with Gasteiger partial charge in [0.1, 0.15) is 0 Å². The van der Waals surface area contributed by atoms with Crippen LogP contribution in [0, 0.1) is 5.92 Å². The molecule has 1 amide bonds. The smallest absolute Gasteiger partial charge is 0.417 e. The van der Waals surface area contributed by atoms with Gasteiger partial charge in [-0.15, -0.1) is 10.2 Å². The van der Waals surface area contributed by atoms with Crippen molar-refractivity contribution in [3.63, 3.8) is 0 Å². The predicted molar refractivity (Wildman–Crippen MR) is 79.0 cm³/mol. The van der Waals surface area contributed by atoms with Gasteiger partial charge >= 0.3 is 12.1 Å². The third-order valence-electron chi connectivity index (χ3n) is 5.07. The molecular formula is C16H22F3N3O2. The molecule has 2 aliphatic rings. The number of carbonyl (C=O) groups is 1. The van der Waals surface area contributed by atoms with Crippen LogP contribution in [0.25, 0.3) is 0 Å². The number of amides is 1. The van der Waals surface area contributed by atoms with Crippen molar-refractivity contribution in [1.29, 1.82) is 0 Å². The lowest BCUT2D eigenvalue weighted by Crippen LogP contribution is -2.38. The van der Waals surface area contributed by atoms with Crippen LogP contribution in [0.2, 0.25) is 0 Å². The highest BCUT2D eigenvalue weighted by atomic mass is 19.4. The van der Waals surface area contributed by atoms with Crippen LogP contribution in [-0.4, -0.2) is 34.1 Å². The Balaban J connectivity index is 1.50. The molecule has 0 atom stereocenters. The Kier molecular flexibility index (Phi) is 5.10. The topological polar surface area (TPSA) is 59.2 Å². The van der Waals surface area contributed by atoms with Gasteiger partial charge in [0, 0.05) is 25.4 Å². The van der Waals surface area contributed by atoms with E-state index in [1.807, 2.05) is 4.90 Å². The maximum absolute atomic E-state index is 12.5. The van der Waals surface area contributed by atoms with E-state index >= 15 is 0 Å². The van der Waals surface area contributed by atoms with Crippen molar-refractivity contribution in [2.45, 2.75) is 63.5 Å². The van der Waals surface area contributed by atoms with E-state index in [4.69, 9.17) is 4.42 Å². The average Bonchev–Trinajstić information content (AvgIpc) is 3.06. The number of rotatable bonds is 3. The van der Waals surface area contributed by atoms with Crippen molar-refractivity contribution >= 4 is 5.91 Å². The van der Waals surface area contributed by atoms with Crippen LogP contribution >= 0.6 is 0 Å². The molecule has 1 saturated carbocycles. The van der Waals surface area contributed by atoms with E-state index in [0.717, 1.165) is 12.8 Å². The molecular weight excluding hydrogens is 323 g/mol. The zero-order valence-electron chi connectivity index (χ0n) is 13.5. The summed E-state index contributed by atoms with van der Waals surface area (Å²) in [5, 5.41) is 6.60. The second kappa shape index (κ2) is 7.11. The molecule has 2 heterocycles. The molecule has 24 heavy (non-hydrogen) atoms. The number of carbonyl (C=O) groups excluding carboxylic acids is 1. The molecule has 0 bridgehead atoms. The van der Waals surface area contributed by atoms with Gasteiger partial charge in [0.25, 0.3) is 0 Å². The van der Waals surface area contributed by atoms with Gasteiger partial charge in [-0.05, 0) is 31.6 Å². The monoisotopic (exact) mass is 345 g/mol. The molecule has 1 saturated heterocycles. The van der Waals surface area contributed by atoms with Gasteiger partial charge < -0.3 is 9.32 Å². The van der Waals surface area contributed by atoms with Gasteiger partial charge in [0.05, 0.1) is 0 Å². The van der Waals surface area contributed by atoms with Crippen LogP contribution in [0.1, 0.15) is 69.1 Å². The lowest BCUT2D eigenvalue weighted by Gasteiger charge is -2.32. The van der Waals surface area contributed by atoms with Gasteiger partial charge in [-0.1, -0.05) is 19.3 Å². The highest BCUT2D eigenvalue weighted by Crippen LogP contribution is 2.33. The lowest BCUT2D eigenvalue weighted by atomic mass is 9.86. The summed E-state index contributed by atoms with van der Waals surface area (Å²) in [7, 11) is 0. The third kappa shape index (κ3) is 4.08. The first-order valence-electron chi connectivity index (χ1n) is 8.62. The summed E-state index contributed by atoms with van der Waals surface area (Å²) in [6.45, 7) is 1.08. The van der Waals surface area contributed by atoms with E-state index in [-0.39, 0.29) is 17.7 Å². The molecule has 0 spiro atoms. The fourth-order valence-electron chi connectivity index (χ4n) is 3.66. The van der Waals surface area contributed by atoms with Crippen LogP contribution in [0.4, 0.5) is 13.2 Å². The van der Waals surface area contributed by atoms with Crippen LogP contribution < -0.4 is 0 Å². The number of hydrogen-bond donors (Lipinski definition) is 0. The summed E-state index contributed by atoms with van der Waals surface area (Å²) in [6, 6.07) is 0. The van der Waals surface area contributed by atoms with Crippen molar-refractivity contribution in [3.8, 4) is 0 Å². The highest BCUT2D eigenvalue weighted by molar-refractivity contribution is 5.76. The number of aromatic nitrogens is 2. The number of alkyl halides is 3. The largest absolute Gasteiger partial charge is 0.470 e. The summed E-state index contributed by atoms with van der Waals surface area (Å²) in [4.78, 5) is 14.2. The summed E-state index contributed by atoms with van der Waals surface area (Å²) in [5.41, 5.74) is 0. The first-order chi connectivity index (χ1) is 11.4. The summed E-state index contributed by atoms with van der Waals surface area (Å²) >= 11 is 0. The Labute approximate surface area is 138 Å². The van der Waals surface area contributed by atoms with Gasteiger partial charge in [-0.2, -0.15) is 13.2 Å². The normalized spacial score (nSPS) is 21.2. The minimum absolute atomic E-state index is 0.0294. The van der Waals surface area contributed by atoms with Crippen LogP contribution in [0.15, 0.2) is 4.42 Å². The SMILES string of the molecule is O=C(CC1CCCCC1)N1CCC(c2nnc(C(F)(F)F)o2)CC1. The molecule has 0 unspecified atom stereocenters. The molecule has 2 fully saturated rings. The Morgan fingerprint density at radius 1 is 1.08 bits per heavy atom. The molecule has 134 valence electrons. The van der Waals surface area contributed by atoms with E-state index in [2.05, 4.69) is 10.2 Å². The molecule has 1 aromatic heterocycles. The number of hydrogen-bond acceptors (Lipinski definition) is 4. The molecule has 1 aromatic rings. The number of halogens is 3.